The first-order valence-electron chi connectivity index (χ1n) is 8.65. The van der Waals surface area contributed by atoms with Gasteiger partial charge in [-0.2, -0.15) is 0 Å². The second-order valence-corrected chi connectivity index (χ2v) is 6.58. The molecule has 24 heavy (non-hydrogen) atoms. The van der Waals surface area contributed by atoms with E-state index >= 15 is 0 Å². The van der Waals surface area contributed by atoms with Crippen LogP contribution in [0.1, 0.15) is 31.0 Å². The maximum atomic E-state index is 6.00. The Kier molecular flexibility index (Phi) is 5.69. The fraction of sp³-hybridized carbons (Fsp3) is 0.474. The minimum Gasteiger partial charge on any atom is -0.378 e. The van der Waals surface area contributed by atoms with Crippen LogP contribution in [0.25, 0.3) is 11.4 Å². The van der Waals surface area contributed by atoms with Gasteiger partial charge in [0.15, 0.2) is 5.82 Å². The number of hydrogen-bond acceptors (Lipinski definition) is 4. The molecule has 1 fully saturated rings. The second kappa shape index (κ2) is 7.95. The summed E-state index contributed by atoms with van der Waals surface area (Å²) >= 11 is 6.00. The standard InChI is InChI=1S/C19H24ClN3O/c1-3-4-5-17-14(2)21-18(15-6-8-16(20)9-7-15)22-19(17)23-10-12-24-13-11-23/h6-9H,3-5,10-13H2,1-2H3. The SMILES string of the molecule is CCCCc1c(C)nc(-c2ccc(Cl)cc2)nc1N1CCOCC1. The van der Waals surface area contributed by atoms with Gasteiger partial charge in [0.2, 0.25) is 0 Å². The summed E-state index contributed by atoms with van der Waals surface area (Å²) in [7, 11) is 0. The Morgan fingerprint density at radius 2 is 1.83 bits per heavy atom. The quantitative estimate of drug-likeness (QED) is 0.810. The minimum absolute atomic E-state index is 0.725. The number of aromatic nitrogens is 2. The molecule has 0 aliphatic carbocycles. The molecule has 128 valence electrons. The summed E-state index contributed by atoms with van der Waals surface area (Å²) in [5.41, 5.74) is 3.35. The summed E-state index contributed by atoms with van der Waals surface area (Å²) in [4.78, 5) is 12.0. The zero-order chi connectivity index (χ0) is 16.9. The zero-order valence-electron chi connectivity index (χ0n) is 14.4. The molecule has 0 spiro atoms. The summed E-state index contributed by atoms with van der Waals surface area (Å²) in [5, 5.41) is 0.725. The molecule has 0 unspecified atom stereocenters. The fourth-order valence-electron chi connectivity index (χ4n) is 2.99. The van der Waals surface area contributed by atoms with E-state index in [1.807, 2.05) is 24.3 Å². The number of halogens is 1. The highest BCUT2D eigenvalue weighted by molar-refractivity contribution is 6.30. The summed E-state index contributed by atoms with van der Waals surface area (Å²) in [6.07, 6.45) is 3.35. The van der Waals surface area contributed by atoms with Gasteiger partial charge < -0.3 is 9.64 Å². The van der Waals surface area contributed by atoms with Crippen LogP contribution in [-0.2, 0) is 11.2 Å². The first-order valence-corrected chi connectivity index (χ1v) is 9.03. The molecule has 0 saturated carbocycles. The van der Waals surface area contributed by atoms with Crippen molar-refractivity contribution in [3.8, 4) is 11.4 Å². The molecule has 1 aromatic heterocycles. The van der Waals surface area contributed by atoms with Crippen LogP contribution in [0.5, 0.6) is 0 Å². The summed E-state index contributed by atoms with van der Waals surface area (Å²) in [5.74, 6) is 1.84. The van der Waals surface area contributed by atoms with E-state index in [-0.39, 0.29) is 0 Å². The molecular weight excluding hydrogens is 322 g/mol. The van der Waals surface area contributed by atoms with Gasteiger partial charge in [0, 0.05) is 34.9 Å². The Morgan fingerprint density at radius 1 is 1.12 bits per heavy atom. The van der Waals surface area contributed by atoms with Crippen molar-refractivity contribution >= 4 is 17.4 Å². The van der Waals surface area contributed by atoms with Gasteiger partial charge in [0.05, 0.1) is 13.2 Å². The van der Waals surface area contributed by atoms with Gasteiger partial charge in [-0.15, -0.1) is 0 Å². The molecule has 0 bridgehead atoms. The molecular formula is C19H24ClN3O. The molecule has 2 heterocycles. The lowest BCUT2D eigenvalue weighted by Crippen LogP contribution is -2.37. The Balaban J connectivity index is 2.02. The normalized spacial score (nSPS) is 14.9. The number of hydrogen-bond donors (Lipinski definition) is 0. The van der Waals surface area contributed by atoms with Crippen molar-refractivity contribution in [3.63, 3.8) is 0 Å². The number of rotatable bonds is 5. The van der Waals surface area contributed by atoms with Crippen molar-refractivity contribution in [3.05, 3.63) is 40.5 Å². The Labute approximate surface area is 148 Å². The molecule has 3 rings (SSSR count). The van der Waals surface area contributed by atoms with Crippen molar-refractivity contribution in [1.82, 2.24) is 9.97 Å². The third-order valence-electron chi connectivity index (χ3n) is 4.39. The van der Waals surface area contributed by atoms with Gasteiger partial charge in [-0.05, 0) is 44.0 Å². The Bertz CT molecular complexity index is 682. The van der Waals surface area contributed by atoms with Crippen molar-refractivity contribution in [2.45, 2.75) is 33.1 Å². The van der Waals surface area contributed by atoms with Gasteiger partial charge in [0.25, 0.3) is 0 Å². The third kappa shape index (κ3) is 3.87. The van der Waals surface area contributed by atoms with Crippen molar-refractivity contribution in [1.29, 1.82) is 0 Å². The van der Waals surface area contributed by atoms with Crippen LogP contribution in [0.15, 0.2) is 24.3 Å². The molecule has 1 aliphatic rings. The second-order valence-electron chi connectivity index (χ2n) is 6.14. The summed E-state index contributed by atoms with van der Waals surface area (Å²) in [6.45, 7) is 7.59. The average Bonchev–Trinajstić information content (AvgIpc) is 2.61. The van der Waals surface area contributed by atoms with E-state index in [2.05, 4.69) is 18.7 Å². The average molecular weight is 346 g/mol. The fourth-order valence-corrected chi connectivity index (χ4v) is 3.12. The Morgan fingerprint density at radius 3 is 2.50 bits per heavy atom. The predicted octanol–water partition coefficient (Wildman–Crippen LogP) is 4.28. The lowest BCUT2D eigenvalue weighted by Gasteiger charge is -2.30. The van der Waals surface area contributed by atoms with Crippen molar-refractivity contribution in [2.75, 3.05) is 31.2 Å². The van der Waals surface area contributed by atoms with Gasteiger partial charge in [-0.25, -0.2) is 9.97 Å². The number of morpholine rings is 1. The predicted molar refractivity (Wildman–Crippen MR) is 98.9 cm³/mol. The number of ether oxygens (including phenoxy) is 1. The number of aryl methyl sites for hydroxylation is 1. The largest absolute Gasteiger partial charge is 0.378 e. The maximum absolute atomic E-state index is 6.00. The van der Waals surface area contributed by atoms with Crippen molar-refractivity contribution in [2.24, 2.45) is 0 Å². The lowest BCUT2D eigenvalue weighted by molar-refractivity contribution is 0.122. The van der Waals surface area contributed by atoms with Gasteiger partial charge in [0.1, 0.15) is 5.82 Å². The van der Waals surface area contributed by atoms with Crippen LogP contribution < -0.4 is 4.90 Å². The van der Waals surface area contributed by atoms with Gasteiger partial charge in [-0.3, -0.25) is 0 Å². The van der Waals surface area contributed by atoms with Gasteiger partial charge >= 0.3 is 0 Å². The molecule has 1 aliphatic heterocycles. The number of nitrogens with zero attached hydrogens (tertiary/aromatic N) is 3. The number of benzene rings is 1. The molecule has 5 heteroatoms. The van der Waals surface area contributed by atoms with E-state index in [9.17, 15) is 0 Å². The molecule has 4 nitrogen and oxygen atoms in total. The number of unbranched alkanes of at least 4 members (excludes halogenated alkanes) is 1. The van der Waals surface area contributed by atoms with Gasteiger partial charge in [-0.1, -0.05) is 24.9 Å². The molecule has 1 saturated heterocycles. The van der Waals surface area contributed by atoms with Crippen LogP contribution in [0, 0.1) is 6.92 Å². The summed E-state index contributed by atoms with van der Waals surface area (Å²) in [6, 6.07) is 7.72. The molecule has 0 radical (unpaired) electrons. The van der Waals surface area contributed by atoms with E-state index in [0.717, 1.165) is 67.1 Å². The molecule has 0 N–H and O–H groups in total. The van der Waals surface area contributed by atoms with E-state index in [0.29, 0.717) is 0 Å². The van der Waals surface area contributed by atoms with Crippen LogP contribution in [-0.4, -0.2) is 36.3 Å². The van der Waals surface area contributed by atoms with E-state index in [4.69, 9.17) is 26.3 Å². The van der Waals surface area contributed by atoms with Crippen LogP contribution >= 0.6 is 11.6 Å². The van der Waals surface area contributed by atoms with E-state index in [1.165, 1.54) is 12.0 Å². The maximum Gasteiger partial charge on any atom is 0.161 e. The smallest absolute Gasteiger partial charge is 0.161 e. The summed E-state index contributed by atoms with van der Waals surface area (Å²) < 4.78 is 5.50. The van der Waals surface area contributed by atoms with Crippen LogP contribution in [0.4, 0.5) is 5.82 Å². The highest BCUT2D eigenvalue weighted by Crippen LogP contribution is 2.27. The van der Waals surface area contributed by atoms with Crippen LogP contribution in [0.3, 0.4) is 0 Å². The molecule has 0 atom stereocenters. The molecule has 1 aromatic carbocycles. The number of anilines is 1. The van der Waals surface area contributed by atoms with Crippen LogP contribution in [0.2, 0.25) is 5.02 Å². The Hall–Kier alpha value is -1.65. The zero-order valence-corrected chi connectivity index (χ0v) is 15.1. The topological polar surface area (TPSA) is 38.2 Å². The van der Waals surface area contributed by atoms with E-state index in [1.54, 1.807) is 0 Å². The highest BCUT2D eigenvalue weighted by Gasteiger charge is 2.20. The molecule has 2 aromatic rings. The molecule has 0 amide bonds. The third-order valence-corrected chi connectivity index (χ3v) is 4.64. The lowest BCUT2D eigenvalue weighted by atomic mass is 10.1. The van der Waals surface area contributed by atoms with Crippen molar-refractivity contribution < 1.29 is 4.74 Å². The minimum atomic E-state index is 0.725. The first-order chi connectivity index (χ1) is 11.7. The monoisotopic (exact) mass is 345 g/mol. The van der Waals surface area contributed by atoms with E-state index < -0.39 is 0 Å². The first kappa shape index (κ1) is 17.2. The highest BCUT2D eigenvalue weighted by atomic mass is 35.5.